The van der Waals surface area contributed by atoms with Gasteiger partial charge in [0.15, 0.2) is 13.5 Å². The third-order valence-corrected chi connectivity index (χ3v) is 6.48. The lowest BCUT2D eigenvalue weighted by Crippen LogP contribution is -2.36. The summed E-state index contributed by atoms with van der Waals surface area (Å²) in [6.07, 6.45) is 3.13. The van der Waals surface area contributed by atoms with Gasteiger partial charge in [0, 0.05) is 5.69 Å². The van der Waals surface area contributed by atoms with Crippen molar-refractivity contribution < 1.29 is 9.53 Å². The Morgan fingerprint density at radius 2 is 1.86 bits per heavy atom. The molecule has 0 bridgehead atoms. The SMILES string of the molecule is [B]c1nnc2ccc(O[C@@H]3CC[C@H](NC(=O)Nc4cc(C(C)(C)C)cc(C)n4)c4ccccc43)cn12. The highest BCUT2D eigenvalue weighted by atomic mass is 16.5. The monoisotopic (exact) mass is 480 g/mol. The van der Waals surface area contributed by atoms with Gasteiger partial charge >= 0.3 is 6.03 Å². The molecule has 0 spiro atoms. The van der Waals surface area contributed by atoms with Gasteiger partial charge in [0.25, 0.3) is 0 Å². The molecule has 2 radical (unpaired) electrons. The second-order valence-corrected chi connectivity index (χ2v) is 10.2. The fourth-order valence-electron chi connectivity index (χ4n) is 4.62. The average molecular weight is 480 g/mol. The van der Waals surface area contributed by atoms with Crippen molar-refractivity contribution in [3.05, 3.63) is 77.1 Å². The number of aromatic nitrogens is 4. The lowest BCUT2D eigenvalue weighted by Gasteiger charge is -2.32. The molecule has 182 valence electrons. The number of rotatable bonds is 4. The molecule has 5 rings (SSSR count). The van der Waals surface area contributed by atoms with Gasteiger partial charge in [0.2, 0.25) is 0 Å². The zero-order valence-corrected chi connectivity index (χ0v) is 20.9. The van der Waals surface area contributed by atoms with Gasteiger partial charge in [-0.3, -0.25) is 9.72 Å². The summed E-state index contributed by atoms with van der Waals surface area (Å²) in [7, 11) is 5.90. The van der Waals surface area contributed by atoms with Crippen molar-refractivity contribution >= 4 is 31.1 Å². The topological polar surface area (TPSA) is 93.4 Å². The van der Waals surface area contributed by atoms with E-state index in [1.807, 2.05) is 43.3 Å². The van der Waals surface area contributed by atoms with Crippen molar-refractivity contribution in [1.82, 2.24) is 24.9 Å². The highest BCUT2D eigenvalue weighted by molar-refractivity contribution is 6.29. The van der Waals surface area contributed by atoms with E-state index >= 15 is 0 Å². The molecule has 4 aromatic rings. The van der Waals surface area contributed by atoms with Crippen molar-refractivity contribution in [3.8, 4) is 5.75 Å². The summed E-state index contributed by atoms with van der Waals surface area (Å²) in [4.78, 5) is 17.4. The highest BCUT2D eigenvalue weighted by Crippen LogP contribution is 2.38. The second-order valence-electron chi connectivity index (χ2n) is 10.2. The number of pyridine rings is 2. The number of ether oxygens (including phenoxy) is 1. The van der Waals surface area contributed by atoms with Crippen molar-refractivity contribution in [2.75, 3.05) is 5.32 Å². The predicted molar refractivity (Wildman–Crippen MR) is 140 cm³/mol. The number of nitrogens with one attached hydrogen (secondary N) is 2. The molecule has 2 atom stereocenters. The van der Waals surface area contributed by atoms with Gasteiger partial charge < -0.3 is 10.1 Å². The average Bonchev–Trinajstić information content (AvgIpc) is 3.20. The molecule has 8 nitrogen and oxygen atoms in total. The molecule has 0 unspecified atom stereocenters. The first kappa shape index (κ1) is 23.8. The minimum atomic E-state index is -0.277. The minimum Gasteiger partial charge on any atom is -0.484 e. The first-order chi connectivity index (χ1) is 17.2. The molecule has 3 aromatic heterocycles. The molecule has 3 heterocycles. The number of nitrogens with zero attached hydrogens (tertiary/aromatic N) is 4. The van der Waals surface area contributed by atoms with E-state index in [9.17, 15) is 4.79 Å². The Morgan fingerprint density at radius 1 is 1.08 bits per heavy atom. The Morgan fingerprint density at radius 3 is 2.64 bits per heavy atom. The molecule has 1 aliphatic rings. The van der Waals surface area contributed by atoms with Crippen molar-refractivity contribution in [3.63, 3.8) is 0 Å². The zero-order valence-electron chi connectivity index (χ0n) is 20.9. The summed E-state index contributed by atoms with van der Waals surface area (Å²) in [5.41, 5.74) is 5.02. The number of carbonyl (C=O) groups excluding carboxylic acids is 1. The molecule has 0 saturated heterocycles. The molecule has 36 heavy (non-hydrogen) atoms. The Labute approximate surface area is 211 Å². The quantitative estimate of drug-likeness (QED) is 0.425. The number of aryl methyl sites for hydroxylation is 1. The summed E-state index contributed by atoms with van der Waals surface area (Å²) >= 11 is 0. The van der Waals surface area contributed by atoms with Crippen LogP contribution in [0, 0.1) is 6.92 Å². The number of carbonyl (C=O) groups is 1. The van der Waals surface area contributed by atoms with E-state index in [0.717, 1.165) is 35.2 Å². The first-order valence-corrected chi connectivity index (χ1v) is 12.1. The maximum absolute atomic E-state index is 12.9. The predicted octanol–water partition coefficient (Wildman–Crippen LogP) is 4.30. The van der Waals surface area contributed by atoms with Crippen LogP contribution in [0.4, 0.5) is 10.6 Å². The van der Waals surface area contributed by atoms with Crippen LogP contribution in [0.15, 0.2) is 54.7 Å². The first-order valence-electron chi connectivity index (χ1n) is 12.1. The Bertz CT molecular complexity index is 1430. The van der Waals surface area contributed by atoms with Gasteiger partial charge in [-0.1, -0.05) is 45.0 Å². The van der Waals surface area contributed by atoms with Crippen molar-refractivity contribution in [2.24, 2.45) is 0 Å². The highest BCUT2D eigenvalue weighted by Gasteiger charge is 2.29. The van der Waals surface area contributed by atoms with Crippen LogP contribution in [0.3, 0.4) is 0 Å². The van der Waals surface area contributed by atoms with Crippen LogP contribution in [-0.4, -0.2) is 33.5 Å². The molecular weight excluding hydrogens is 451 g/mol. The summed E-state index contributed by atoms with van der Waals surface area (Å²) in [6.45, 7) is 8.36. The number of anilines is 1. The Balaban J connectivity index is 1.31. The lowest BCUT2D eigenvalue weighted by atomic mass is 9.85. The molecular formula is C27H29BN6O2. The van der Waals surface area contributed by atoms with Gasteiger partial charge in [-0.15, -0.1) is 10.2 Å². The third kappa shape index (κ3) is 4.91. The maximum Gasteiger partial charge on any atom is 0.320 e. The van der Waals surface area contributed by atoms with Gasteiger partial charge in [-0.2, -0.15) is 0 Å². The van der Waals surface area contributed by atoms with E-state index in [-0.39, 0.29) is 23.6 Å². The number of urea groups is 1. The van der Waals surface area contributed by atoms with Gasteiger partial charge in [-0.05, 0) is 66.1 Å². The van der Waals surface area contributed by atoms with E-state index in [0.29, 0.717) is 22.9 Å². The fraction of sp³-hybridized carbons (Fsp3) is 0.333. The summed E-state index contributed by atoms with van der Waals surface area (Å²) < 4.78 is 8.05. The van der Waals surface area contributed by atoms with Gasteiger partial charge in [0.05, 0.1) is 18.0 Å². The fourth-order valence-corrected chi connectivity index (χ4v) is 4.62. The Kier molecular flexibility index (Phi) is 6.16. The van der Waals surface area contributed by atoms with E-state index in [4.69, 9.17) is 12.6 Å². The molecule has 9 heteroatoms. The normalized spacial score (nSPS) is 17.4. The van der Waals surface area contributed by atoms with E-state index in [2.05, 4.69) is 58.7 Å². The van der Waals surface area contributed by atoms with E-state index in [1.54, 1.807) is 10.6 Å². The molecule has 0 saturated carbocycles. The van der Waals surface area contributed by atoms with Crippen molar-refractivity contribution in [2.45, 2.75) is 58.1 Å². The zero-order chi connectivity index (χ0) is 25.4. The molecule has 2 amide bonds. The summed E-state index contributed by atoms with van der Waals surface area (Å²) in [5, 5.41) is 14.0. The van der Waals surface area contributed by atoms with Crippen LogP contribution in [-0.2, 0) is 5.41 Å². The minimum absolute atomic E-state index is 0.0391. The molecule has 1 aliphatic carbocycles. The smallest absolute Gasteiger partial charge is 0.320 e. The van der Waals surface area contributed by atoms with Crippen molar-refractivity contribution in [1.29, 1.82) is 0 Å². The van der Waals surface area contributed by atoms with Crippen LogP contribution >= 0.6 is 0 Å². The Hall–Kier alpha value is -3.88. The van der Waals surface area contributed by atoms with Crippen LogP contribution in [0.2, 0.25) is 0 Å². The van der Waals surface area contributed by atoms with Crippen LogP contribution in [0.1, 0.15) is 68.1 Å². The molecule has 0 aliphatic heterocycles. The molecule has 2 N–H and O–H groups in total. The van der Waals surface area contributed by atoms with Gasteiger partial charge in [0.1, 0.15) is 17.7 Å². The number of benzene rings is 1. The standard InChI is InChI=1S/C27H29BN6O2/c1-16-13-17(27(2,3)4)14-23(29-16)31-26(35)30-21-10-11-22(20-8-6-5-7-19(20)21)36-18-9-12-24-32-33-25(28)34(24)15-18/h5-9,12-15,21-22H,10-11H2,1-4H3,(H2,29,30,31,35)/t21-,22+/m0/s1. The third-order valence-electron chi connectivity index (χ3n) is 6.48. The number of hydrogen-bond acceptors (Lipinski definition) is 5. The maximum atomic E-state index is 12.9. The van der Waals surface area contributed by atoms with E-state index < -0.39 is 0 Å². The number of amides is 2. The molecule has 1 aromatic carbocycles. The lowest BCUT2D eigenvalue weighted by molar-refractivity contribution is 0.172. The second kappa shape index (κ2) is 9.30. The summed E-state index contributed by atoms with van der Waals surface area (Å²) in [6, 6.07) is 15.3. The largest absolute Gasteiger partial charge is 0.484 e. The van der Waals surface area contributed by atoms with Crippen LogP contribution in [0.5, 0.6) is 5.75 Å². The number of hydrogen-bond donors (Lipinski definition) is 2. The molecule has 0 fully saturated rings. The number of fused-ring (bicyclic) bond motifs is 2. The van der Waals surface area contributed by atoms with Gasteiger partial charge in [-0.25, -0.2) is 9.78 Å². The van der Waals surface area contributed by atoms with Crippen LogP contribution < -0.4 is 21.1 Å². The van der Waals surface area contributed by atoms with E-state index in [1.165, 1.54) is 0 Å². The summed E-state index contributed by atoms with van der Waals surface area (Å²) in [5.74, 6) is 1.23. The van der Waals surface area contributed by atoms with Crippen LogP contribution in [0.25, 0.3) is 5.65 Å².